The lowest BCUT2D eigenvalue weighted by Crippen LogP contribution is -2.51. The summed E-state index contributed by atoms with van der Waals surface area (Å²) in [6, 6.07) is 5.88. The SMILES string of the molecule is C#CCN(CC(=O)N1CC(C)OC(C)C1)Cc1cccc(C)n1. The molecule has 0 N–H and O–H groups in total. The average Bonchev–Trinajstić information content (AvgIpc) is 2.46. The van der Waals surface area contributed by atoms with E-state index < -0.39 is 0 Å². The summed E-state index contributed by atoms with van der Waals surface area (Å²) in [6.07, 6.45) is 5.60. The smallest absolute Gasteiger partial charge is 0.236 e. The molecule has 0 spiro atoms. The van der Waals surface area contributed by atoms with E-state index in [1.165, 1.54) is 0 Å². The Morgan fingerprint density at radius 2 is 2.13 bits per heavy atom. The molecule has 1 fully saturated rings. The third-order valence-electron chi connectivity index (χ3n) is 3.78. The Hall–Kier alpha value is -1.90. The number of carbonyl (C=O) groups excluding carboxylic acids is 1. The highest BCUT2D eigenvalue weighted by Gasteiger charge is 2.26. The summed E-state index contributed by atoms with van der Waals surface area (Å²) in [5, 5.41) is 0. The first-order valence-electron chi connectivity index (χ1n) is 7.99. The van der Waals surface area contributed by atoms with E-state index in [1.807, 2.05) is 48.8 Å². The zero-order valence-corrected chi connectivity index (χ0v) is 14.2. The first-order chi connectivity index (χ1) is 11.0. The van der Waals surface area contributed by atoms with Crippen LogP contribution >= 0.6 is 0 Å². The van der Waals surface area contributed by atoms with Gasteiger partial charge in [-0.2, -0.15) is 0 Å². The van der Waals surface area contributed by atoms with E-state index in [-0.39, 0.29) is 18.1 Å². The van der Waals surface area contributed by atoms with E-state index in [4.69, 9.17) is 11.2 Å². The van der Waals surface area contributed by atoms with Crippen LogP contribution in [0.15, 0.2) is 18.2 Å². The number of morpholine rings is 1. The van der Waals surface area contributed by atoms with Crippen LogP contribution in [-0.2, 0) is 16.1 Å². The standard InChI is InChI=1S/C18H25N3O2/c1-5-9-20(12-17-8-6-7-14(2)19-17)13-18(22)21-10-15(3)23-16(4)11-21/h1,6-8,15-16H,9-13H2,2-4H3. The van der Waals surface area contributed by atoms with Crippen molar-refractivity contribution in [2.45, 2.75) is 39.5 Å². The second-order valence-corrected chi connectivity index (χ2v) is 6.18. The largest absolute Gasteiger partial charge is 0.372 e. The summed E-state index contributed by atoms with van der Waals surface area (Å²) in [5.74, 6) is 2.72. The fourth-order valence-corrected chi connectivity index (χ4v) is 2.89. The van der Waals surface area contributed by atoms with Gasteiger partial charge in [0.2, 0.25) is 5.91 Å². The van der Waals surface area contributed by atoms with Crippen molar-refractivity contribution in [3.05, 3.63) is 29.6 Å². The number of terminal acetylenes is 1. The average molecular weight is 315 g/mol. The molecular formula is C18H25N3O2. The maximum Gasteiger partial charge on any atom is 0.236 e. The van der Waals surface area contributed by atoms with Crippen LogP contribution in [0.3, 0.4) is 0 Å². The number of pyridine rings is 1. The number of ether oxygens (including phenoxy) is 1. The Labute approximate surface area is 138 Å². The highest BCUT2D eigenvalue weighted by atomic mass is 16.5. The van der Waals surface area contributed by atoms with Crippen molar-refractivity contribution >= 4 is 5.91 Å². The predicted molar refractivity (Wildman–Crippen MR) is 89.7 cm³/mol. The minimum Gasteiger partial charge on any atom is -0.372 e. The maximum absolute atomic E-state index is 12.6. The summed E-state index contributed by atoms with van der Waals surface area (Å²) in [7, 11) is 0. The van der Waals surface area contributed by atoms with Gasteiger partial charge in [-0.25, -0.2) is 0 Å². The molecule has 5 nitrogen and oxygen atoms in total. The number of nitrogens with zero attached hydrogens (tertiary/aromatic N) is 3. The number of carbonyl (C=O) groups is 1. The fourth-order valence-electron chi connectivity index (χ4n) is 2.89. The zero-order valence-electron chi connectivity index (χ0n) is 14.2. The van der Waals surface area contributed by atoms with Crippen LogP contribution < -0.4 is 0 Å². The molecule has 0 aliphatic carbocycles. The molecule has 0 saturated carbocycles. The maximum atomic E-state index is 12.6. The molecule has 0 bridgehead atoms. The Kier molecular flexibility index (Phi) is 6.14. The van der Waals surface area contributed by atoms with E-state index in [1.54, 1.807) is 0 Å². The van der Waals surface area contributed by atoms with Gasteiger partial charge in [0.05, 0.1) is 31.0 Å². The van der Waals surface area contributed by atoms with E-state index in [0.29, 0.717) is 32.7 Å². The third-order valence-corrected chi connectivity index (χ3v) is 3.78. The first kappa shape index (κ1) is 17.5. The number of hydrogen-bond acceptors (Lipinski definition) is 4. The normalized spacial score (nSPS) is 21.3. The number of rotatable bonds is 5. The van der Waals surface area contributed by atoms with Crippen molar-refractivity contribution in [3.63, 3.8) is 0 Å². The molecular weight excluding hydrogens is 290 g/mol. The Balaban J connectivity index is 1.98. The Bertz CT molecular complexity index is 572. The van der Waals surface area contributed by atoms with Crippen molar-refractivity contribution < 1.29 is 9.53 Å². The molecule has 0 aromatic carbocycles. The molecule has 1 saturated heterocycles. The van der Waals surface area contributed by atoms with Crippen LogP contribution in [-0.4, -0.2) is 59.1 Å². The summed E-state index contributed by atoms with van der Waals surface area (Å²) in [5.41, 5.74) is 1.89. The van der Waals surface area contributed by atoms with Crippen molar-refractivity contribution in [3.8, 4) is 12.3 Å². The summed E-state index contributed by atoms with van der Waals surface area (Å²) in [6.45, 7) is 8.52. The second-order valence-electron chi connectivity index (χ2n) is 6.18. The molecule has 1 aromatic rings. The molecule has 1 aliphatic heterocycles. The van der Waals surface area contributed by atoms with Gasteiger partial charge in [0.25, 0.3) is 0 Å². The van der Waals surface area contributed by atoms with Crippen LogP contribution in [0.4, 0.5) is 0 Å². The Morgan fingerprint density at radius 1 is 1.43 bits per heavy atom. The number of amides is 1. The van der Waals surface area contributed by atoms with Gasteiger partial charge in [-0.05, 0) is 32.9 Å². The molecule has 1 amide bonds. The van der Waals surface area contributed by atoms with Gasteiger partial charge in [-0.1, -0.05) is 12.0 Å². The second kappa shape index (κ2) is 8.09. The van der Waals surface area contributed by atoms with Crippen molar-refractivity contribution in [1.29, 1.82) is 0 Å². The fraction of sp³-hybridized carbons (Fsp3) is 0.556. The molecule has 1 aliphatic rings. The summed E-state index contributed by atoms with van der Waals surface area (Å²) in [4.78, 5) is 20.9. The van der Waals surface area contributed by atoms with Crippen molar-refractivity contribution in [1.82, 2.24) is 14.8 Å². The topological polar surface area (TPSA) is 45.7 Å². The third kappa shape index (κ3) is 5.34. The lowest BCUT2D eigenvalue weighted by atomic mass is 10.2. The summed E-state index contributed by atoms with van der Waals surface area (Å²) < 4.78 is 5.68. The Morgan fingerprint density at radius 3 is 2.74 bits per heavy atom. The highest BCUT2D eigenvalue weighted by molar-refractivity contribution is 5.78. The van der Waals surface area contributed by atoms with Gasteiger partial charge in [0, 0.05) is 25.3 Å². The van der Waals surface area contributed by atoms with Crippen LogP contribution in [0.2, 0.25) is 0 Å². The minimum absolute atomic E-state index is 0.0715. The molecule has 2 unspecified atom stereocenters. The van der Waals surface area contributed by atoms with Gasteiger partial charge in [0.1, 0.15) is 0 Å². The number of hydrogen-bond donors (Lipinski definition) is 0. The van der Waals surface area contributed by atoms with Gasteiger partial charge in [-0.15, -0.1) is 6.42 Å². The van der Waals surface area contributed by atoms with Gasteiger partial charge < -0.3 is 9.64 Å². The lowest BCUT2D eigenvalue weighted by Gasteiger charge is -2.36. The van der Waals surface area contributed by atoms with Crippen molar-refractivity contribution in [2.24, 2.45) is 0 Å². The van der Waals surface area contributed by atoms with Crippen LogP contribution in [0.25, 0.3) is 0 Å². The zero-order chi connectivity index (χ0) is 16.8. The lowest BCUT2D eigenvalue weighted by molar-refractivity contribution is -0.144. The predicted octanol–water partition coefficient (Wildman–Crippen LogP) is 1.46. The molecule has 124 valence electrons. The molecule has 2 atom stereocenters. The molecule has 23 heavy (non-hydrogen) atoms. The quantitative estimate of drug-likeness (QED) is 0.772. The molecule has 5 heteroatoms. The van der Waals surface area contributed by atoms with Gasteiger partial charge >= 0.3 is 0 Å². The van der Waals surface area contributed by atoms with E-state index in [2.05, 4.69) is 10.9 Å². The van der Waals surface area contributed by atoms with Gasteiger partial charge in [0.15, 0.2) is 0 Å². The van der Waals surface area contributed by atoms with Crippen molar-refractivity contribution in [2.75, 3.05) is 26.2 Å². The van der Waals surface area contributed by atoms with E-state index in [9.17, 15) is 4.79 Å². The monoisotopic (exact) mass is 315 g/mol. The van der Waals surface area contributed by atoms with Crippen LogP contribution in [0.5, 0.6) is 0 Å². The number of aryl methyl sites for hydroxylation is 1. The van der Waals surface area contributed by atoms with E-state index >= 15 is 0 Å². The van der Waals surface area contributed by atoms with Crippen LogP contribution in [0, 0.1) is 19.3 Å². The minimum atomic E-state index is 0.0715. The number of aromatic nitrogens is 1. The van der Waals surface area contributed by atoms with E-state index in [0.717, 1.165) is 11.4 Å². The van der Waals surface area contributed by atoms with Crippen LogP contribution in [0.1, 0.15) is 25.2 Å². The highest BCUT2D eigenvalue weighted by Crippen LogP contribution is 2.12. The molecule has 0 radical (unpaired) electrons. The molecule has 2 rings (SSSR count). The molecule has 1 aromatic heterocycles. The summed E-state index contributed by atoms with van der Waals surface area (Å²) >= 11 is 0. The molecule has 2 heterocycles. The first-order valence-corrected chi connectivity index (χ1v) is 7.99. The van der Waals surface area contributed by atoms with Gasteiger partial charge in [-0.3, -0.25) is 14.7 Å².